The van der Waals surface area contributed by atoms with E-state index < -0.39 is 37.3 Å². The quantitative estimate of drug-likeness (QED) is 0.155. The van der Waals surface area contributed by atoms with Gasteiger partial charge in [-0.2, -0.15) is 0 Å². The van der Waals surface area contributed by atoms with E-state index in [1.807, 2.05) is 0 Å². The highest BCUT2D eigenvalue weighted by molar-refractivity contribution is 4.83. The fourth-order valence-corrected chi connectivity index (χ4v) is 2.50. The Bertz CT molecular complexity index is 290. The lowest BCUT2D eigenvalue weighted by molar-refractivity contribution is -0.145. The third-order valence-electron chi connectivity index (χ3n) is 4.45. The Morgan fingerprint density at radius 2 is 1.04 bits per heavy atom. The van der Waals surface area contributed by atoms with Crippen molar-refractivity contribution in [3.8, 4) is 0 Å². The van der Waals surface area contributed by atoms with Gasteiger partial charge in [0.05, 0.1) is 6.61 Å². The monoisotopic (exact) mass is 395 g/mol. The predicted octanol–water partition coefficient (Wildman–Crippen LogP) is 1.28. The normalized spacial score (nSPS) is 16.8. The first kappa shape index (κ1) is 28.9. The smallest absolute Gasteiger partial charge is 0.133 e. The molecular formula is C20H45NO6. The second-order valence-electron chi connectivity index (χ2n) is 7.10. The minimum atomic E-state index is -1.75. The number of nitrogens with one attached hydrogen (secondary N) is 1. The number of hydrogen-bond donors (Lipinski definition) is 7. The summed E-state index contributed by atoms with van der Waals surface area (Å²) in [5, 5.41) is 58.4. The number of rotatable bonds is 16. The molecule has 166 valence electrons. The minimum absolute atomic E-state index is 0.476. The lowest BCUT2D eigenvalue weighted by Gasteiger charge is -2.28. The highest BCUT2D eigenvalue weighted by atomic mass is 16.4. The van der Waals surface area contributed by atoms with Crippen molar-refractivity contribution in [1.29, 1.82) is 0 Å². The molecule has 0 aliphatic rings. The molecule has 27 heavy (non-hydrogen) atoms. The molecule has 7 N–H and O–H groups in total. The largest absolute Gasteiger partial charge is 0.394 e. The third-order valence-corrected chi connectivity index (χ3v) is 4.45. The molecule has 7 heteroatoms. The van der Waals surface area contributed by atoms with Crippen LogP contribution in [0.2, 0.25) is 0 Å². The first-order chi connectivity index (χ1) is 12.9. The van der Waals surface area contributed by atoms with Crippen molar-refractivity contribution in [3.05, 3.63) is 0 Å². The molecular weight excluding hydrogens is 350 g/mol. The van der Waals surface area contributed by atoms with E-state index in [2.05, 4.69) is 26.1 Å². The van der Waals surface area contributed by atoms with Gasteiger partial charge in [-0.3, -0.25) is 5.32 Å². The van der Waals surface area contributed by atoms with Crippen molar-refractivity contribution in [2.45, 2.75) is 116 Å². The van der Waals surface area contributed by atoms with Crippen LogP contribution in [0.25, 0.3) is 0 Å². The summed E-state index contributed by atoms with van der Waals surface area (Å²) >= 11 is 0. The van der Waals surface area contributed by atoms with E-state index in [0.29, 0.717) is 6.54 Å². The molecule has 0 heterocycles. The Balaban J connectivity index is 0. The van der Waals surface area contributed by atoms with Gasteiger partial charge in [-0.1, -0.05) is 78.6 Å². The van der Waals surface area contributed by atoms with Crippen molar-refractivity contribution in [2.75, 3.05) is 13.2 Å². The van der Waals surface area contributed by atoms with Crippen molar-refractivity contribution < 1.29 is 30.6 Å². The fourth-order valence-electron chi connectivity index (χ4n) is 2.50. The van der Waals surface area contributed by atoms with E-state index in [4.69, 9.17) is 10.2 Å². The average molecular weight is 396 g/mol. The second-order valence-corrected chi connectivity index (χ2v) is 7.10. The van der Waals surface area contributed by atoms with Crippen molar-refractivity contribution in [3.63, 3.8) is 0 Å². The highest BCUT2D eigenvalue weighted by Gasteiger charge is 2.33. The van der Waals surface area contributed by atoms with Crippen LogP contribution in [-0.2, 0) is 0 Å². The van der Waals surface area contributed by atoms with E-state index in [0.717, 1.165) is 25.7 Å². The van der Waals surface area contributed by atoms with Gasteiger partial charge >= 0.3 is 0 Å². The number of aliphatic hydroxyl groups excluding tert-OH is 6. The molecule has 0 saturated heterocycles. The molecule has 0 rings (SSSR count). The lowest BCUT2D eigenvalue weighted by atomic mass is 10.0. The van der Waals surface area contributed by atoms with Crippen LogP contribution in [-0.4, -0.2) is 74.4 Å². The predicted molar refractivity (Wildman–Crippen MR) is 108 cm³/mol. The van der Waals surface area contributed by atoms with Gasteiger partial charge in [-0.05, 0) is 13.0 Å². The summed E-state index contributed by atoms with van der Waals surface area (Å²) in [5.74, 6) is 0. The Morgan fingerprint density at radius 1 is 0.593 bits per heavy atom. The van der Waals surface area contributed by atoms with Crippen molar-refractivity contribution >= 4 is 0 Å². The maximum Gasteiger partial charge on any atom is 0.133 e. The zero-order chi connectivity index (χ0) is 21.1. The van der Waals surface area contributed by atoms with Crippen LogP contribution >= 0.6 is 0 Å². The van der Waals surface area contributed by atoms with Gasteiger partial charge in [0, 0.05) is 0 Å². The zero-order valence-corrected chi connectivity index (χ0v) is 17.6. The molecule has 0 spiro atoms. The molecule has 0 aromatic rings. The van der Waals surface area contributed by atoms with Crippen LogP contribution in [0.3, 0.4) is 0 Å². The molecule has 0 saturated carbocycles. The van der Waals surface area contributed by atoms with Crippen LogP contribution in [0.15, 0.2) is 0 Å². The Labute approximate surface area is 165 Å². The summed E-state index contributed by atoms with van der Waals surface area (Å²) in [7, 11) is 0. The number of aliphatic hydroxyl groups is 6. The molecule has 0 radical (unpaired) electrons. The molecule has 0 bridgehead atoms. The van der Waals surface area contributed by atoms with E-state index in [9.17, 15) is 20.4 Å². The number of unbranched alkanes of at least 4 members (excludes halogenated alkanes) is 8. The first-order valence-corrected chi connectivity index (χ1v) is 10.6. The standard InChI is InChI=1S/C12H27NO6.C8H18/c1-2-3-4-5-6-13-12(19)11(18)10(17)9(16)8(15)7-14;1-3-5-7-8-6-4-2/h8-19H,2-7H2,1H3;3-8H2,1-2H3/t8-,9-,10+,11-,12?;/m1./s1. The van der Waals surface area contributed by atoms with Gasteiger partial charge in [0.15, 0.2) is 0 Å². The van der Waals surface area contributed by atoms with Gasteiger partial charge in [0.1, 0.15) is 30.6 Å². The third kappa shape index (κ3) is 16.4. The van der Waals surface area contributed by atoms with E-state index >= 15 is 0 Å². The van der Waals surface area contributed by atoms with E-state index in [-0.39, 0.29) is 0 Å². The zero-order valence-electron chi connectivity index (χ0n) is 17.6. The van der Waals surface area contributed by atoms with Gasteiger partial charge in [-0.25, -0.2) is 0 Å². The van der Waals surface area contributed by atoms with Crippen LogP contribution in [0, 0.1) is 0 Å². The van der Waals surface area contributed by atoms with E-state index in [1.165, 1.54) is 38.5 Å². The molecule has 0 aromatic carbocycles. The summed E-state index contributed by atoms with van der Waals surface area (Å²) in [6.07, 6.45) is 4.40. The average Bonchev–Trinajstić information content (AvgIpc) is 2.69. The summed E-state index contributed by atoms with van der Waals surface area (Å²) in [5.41, 5.74) is 0. The SMILES string of the molecule is CCCCCCCC.CCCCCCNC(O)[C@H](O)[C@@H](O)[C@H](O)[C@H](O)CO. The summed E-state index contributed by atoms with van der Waals surface area (Å²) < 4.78 is 0. The molecule has 1 unspecified atom stereocenters. The summed E-state index contributed by atoms with van der Waals surface area (Å²) in [4.78, 5) is 0. The summed E-state index contributed by atoms with van der Waals surface area (Å²) in [6, 6.07) is 0. The highest BCUT2D eigenvalue weighted by Crippen LogP contribution is 2.08. The lowest BCUT2D eigenvalue weighted by Crippen LogP contribution is -2.53. The van der Waals surface area contributed by atoms with Crippen molar-refractivity contribution in [2.24, 2.45) is 0 Å². The first-order valence-electron chi connectivity index (χ1n) is 10.6. The summed E-state index contributed by atoms with van der Waals surface area (Å²) in [6.45, 7) is 6.32. The van der Waals surface area contributed by atoms with Crippen LogP contribution < -0.4 is 5.32 Å². The molecule has 0 fully saturated rings. The van der Waals surface area contributed by atoms with Gasteiger partial charge in [0.2, 0.25) is 0 Å². The Kier molecular flexibility index (Phi) is 21.9. The maximum atomic E-state index is 9.59. The second kappa shape index (κ2) is 20.5. The number of hydrogen-bond acceptors (Lipinski definition) is 7. The molecule has 7 nitrogen and oxygen atoms in total. The molecule has 0 aromatic heterocycles. The molecule has 0 aliphatic carbocycles. The molecule has 0 aliphatic heterocycles. The van der Waals surface area contributed by atoms with Crippen LogP contribution in [0.5, 0.6) is 0 Å². The van der Waals surface area contributed by atoms with Gasteiger partial charge < -0.3 is 30.6 Å². The van der Waals surface area contributed by atoms with Crippen molar-refractivity contribution in [1.82, 2.24) is 5.32 Å². The van der Waals surface area contributed by atoms with Crippen LogP contribution in [0.1, 0.15) is 85.0 Å². The minimum Gasteiger partial charge on any atom is -0.394 e. The topological polar surface area (TPSA) is 133 Å². The Morgan fingerprint density at radius 3 is 1.44 bits per heavy atom. The molecule has 0 amide bonds. The maximum absolute atomic E-state index is 9.59. The van der Waals surface area contributed by atoms with Crippen LogP contribution in [0.4, 0.5) is 0 Å². The molecule has 5 atom stereocenters. The van der Waals surface area contributed by atoms with Gasteiger partial charge in [0.25, 0.3) is 0 Å². The van der Waals surface area contributed by atoms with E-state index in [1.54, 1.807) is 0 Å². The fraction of sp³-hybridized carbons (Fsp3) is 1.00. The van der Waals surface area contributed by atoms with Gasteiger partial charge in [-0.15, -0.1) is 0 Å². The Hall–Kier alpha value is -0.280.